The SMILES string of the molecule is C=CC(=O)Nc1cc(Nc2nccc(-c3cn(C)c4c(C(C)C)cccc34)n2)c(OC)cc1N(C)CCN(C)C.CC. The van der Waals surface area contributed by atoms with E-state index in [-0.39, 0.29) is 5.91 Å². The first-order valence-electron chi connectivity index (χ1n) is 14.3. The maximum Gasteiger partial charge on any atom is 0.247 e. The van der Waals surface area contributed by atoms with Crippen molar-refractivity contribution in [3.8, 4) is 17.0 Å². The summed E-state index contributed by atoms with van der Waals surface area (Å²) in [5.41, 5.74) is 6.43. The molecule has 9 nitrogen and oxygen atoms in total. The second-order valence-electron chi connectivity index (χ2n) is 10.4. The topological polar surface area (TPSA) is 87.5 Å². The summed E-state index contributed by atoms with van der Waals surface area (Å²) in [5, 5.41) is 7.39. The summed E-state index contributed by atoms with van der Waals surface area (Å²) < 4.78 is 7.91. The highest BCUT2D eigenvalue weighted by atomic mass is 16.5. The Balaban J connectivity index is 0.00000237. The van der Waals surface area contributed by atoms with Crippen molar-refractivity contribution < 1.29 is 9.53 Å². The Kier molecular flexibility index (Phi) is 11.1. The van der Waals surface area contributed by atoms with E-state index in [0.29, 0.717) is 29.0 Å². The molecule has 0 spiro atoms. The Morgan fingerprint density at radius 1 is 1.12 bits per heavy atom. The van der Waals surface area contributed by atoms with Crippen LogP contribution in [0.1, 0.15) is 39.2 Å². The van der Waals surface area contributed by atoms with Crippen molar-refractivity contribution in [3.63, 3.8) is 0 Å². The number of hydrogen-bond donors (Lipinski definition) is 2. The molecule has 0 aliphatic carbocycles. The minimum atomic E-state index is -0.298. The Bertz CT molecular complexity index is 1520. The molecule has 4 aromatic rings. The van der Waals surface area contributed by atoms with Crippen LogP contribution in [0, 0.1) is 0 Å². The van der Waals surface area contributed by atoms with E-state index >= 15 is 0 Å². The fourth-order valence-electron chi connectivity index (χ4n) is 4.77. The van der Waals surface area contributed by atoms with Gasteiger partial charge in [-0.05, 0) is 43.8 Å². The summed E-state index contributed by atoms with van der Waals surface area (Å²) in [6.07, 6.45) is 5.11. The van der Waals surface area contributed by atoms with Gasteiger partial charge < -0.3 is 29.7 Å². The average molecular weight is 572 g/mol. The van der Waals surface area contributed by atoms with Crippen LogP contribution in [0.3, 0.4) is 0 Å². The fourth-order valence-corrected chi connectivity index (χ4v) is 4.77. The maximum absolute atomic E-state index is 12.3. The minimum absolute atomic E-state index is 0.298. The van der Waals surface area contributed by atoms with E-state index in [9.17, 15) is 4.79 Å². The third kappa shape index (κ3) is 7.28. The Labute approximate surface area is 250 Å². The molecule has 0 bridgehead atoms. The smallest absolute Gasteiger partial charge is 0.247 e. The number of benzene rings is 2. The van der Waals surface area contributed by atoms with Crippen LogP contribution in [-0.2, 0) is 11.8 Å². The molecule has 4 rings (SSSR count). The van der Waals surface area contributed by atoms with Crippen LogP contribution in [-0.4, -0.2) is 66.7 Å². The van der Waals surface area contributed by atoms with Crippen LogP contribution in [0.2, 0.25) is 0 Å². The molecule has 0 saturated heterocycles. The quantitative estimate of drug-likeness (QED) is 0.195. The molecule has 0 radical (unpaired) electrons. The molecule has 9 heteroatoms. The van der Waals surface area contributed by atoms with Crippen molar-refractivity contribution in [1.29, 1.82) is 0 Å². The van der Waals surface area contributed by atoms with Crippen LogP contribution in [0.5, 0.6) is 5.75 Å². The average Bonchev–Trinajstić information content (AvgIpc) is 3.33. The number of likely N-dealkylation sites (N-methyl/N-ethyl adjacent to an activating group) is 2. The van der Waals surface area contributed by atoms with E-state index in [2.05, 4.69) is 81.9 Å². The van der Waals surface area contributed by atoms with Crippen molar-refractivity contribution in [2.45, 2.75) is 33.6 Å². The van der Waals surface area contributed by atoms with Gasteiger partial charge in [-0.2, -0.15) is 0 Å². The summed E-state index contributed by atoms with van der Waals surface area (Å²) in [4.78, 5) is 25.8. The third-order valence-corrected chi connectivity index (χ3v) is 6.89. The van der Waals surface area contributed by atoms with Crippen LogP contribution >= 0.6 is 0 Å². The van der Waals surface area contributed by atoms with Gasteiger partial charge in [0.15, 0.2) is 0 Å². The largest absolute Gasteiger partial charge is 0.494 e. The van der Waals surface area contributed by atoms with Crippen molar-refractivity contribution in [1.82, 2.24) is 19.4 Å². The number of nitrogens with one attached hydrogen (secondary N) is 2. The second kappa shape index (κ2) is 14.5. The first kappa shape index (κ1) is 32.1. The molecule has 0 fully saturated rings. The zero-order valence-corrected chi connectivity index (χ0v) is 26.4. The highest BCUT2D eigenvalue weighted by molar-refractivity contribution is 6.02. The summed E-state index contributed by atoms with van der Waals surface area (Å²) in [6, 6.07) is 12.1. The lowest BCUT2D eigenvalue weighted by Crippen LogP contribution is -2.29. The summed E-state index contributed by atoms with van der Waals surface area (Å²) in [7, 11) is 9.72. The number of methoxy groups -OCH3 is 1. The number of anilines is 4. The molecule has 224 valence electrons. The molecule has 2 N–H and O–H groups in total. The summed E-state index contributed by atoms with van der Waals surface area (Å²) >= 11 is 0. The zero-order valence-electron chi connectivity index (χ0n) is 26.4. The van der Waals surface area contributed by atoms with E-state index in [4.69, 9.17) is 9.72 Å². The van der Waals surface area contributed by atoms with Crippen LogP contribution < -0.4 is 20.3 Å². The molecular formula is C33H45N7O2. The van der Waals surface area contributed by atoms with Crippen molar-refractivity contribution in [2.24, 2.45) is 7.05 Å². The Hall–Kier alpha value is -4.37. The Morgan fingerprint density at radius 3 is 2.50 bits per heavy atom. The van der Waals surface area contributed by atoms with Crippen molar-refractivity contribution >= 4 is 39.8 Å². The number of ether oxygens (including phenoxy) is 1. The lowest BCUT2D eigenvalue weighted by Gasteiger charge is -2.26. The number of rotatable bonds is 11. The molecule has 0 aliphatic rings. The normalized spacial score (nSPS) is 10.8. The molecule has 0 atom stereocenters. The van der Waals surface area contributed by atoms with Crippen LogP contribution in [0.4, 0.5) is 23.0 Å². The number of carbonyl (C=O) groups excluding carboxylic acids is 1. The van der Waals surface area contributed by atoms with E-state index in [0.717, 1.165) is 35.4 Å². The van der Waals surface area contributed by atoms with E-state index < -0.39 is 0 Å². The van der Waals surface area contributed by atoms with Crippen molar-refractivity contribution in [2.75, 3.05) is 56.9 Å². The number of carbonyl (C=O) groups is 1. The van der Waals surface area contributed by atoms with Crippen LogP contribution in [0.25, 0.3) is 22.2 Å². The monoisotopic (exact) mass is 571 g/mol. The minimum Gasteiger partial charge on any atom is -0.494 e. The maximum atomic E-state index is 12.3. The molecule has 1 amide bonds. The van der Waals surface area contributed by atoms with Gasteiger partial charge in [0.25, 0.3) is 0 Å². The van der Waals surface area contributed by atoms with Gasteiger partial charge in [0.2, 0.25) is 11.9 Å². The molecule has 2 aromatic heterocycles. The van der Waals surface area contributed by atoms with Gasteiger partial charge in [-0.25, -0.2) is 9.97 Å². The summed E-state index contributed by atoms with van der Waals surface area (Å²) in [6.45, 7) is 13.6. The van der Waals surface area contributed by atoms with Gasteiger partial charge in [0, 0.05) is 56.6 Å². The first-order valence-corrected chi connectivity index (χ1v) is 14.3. The van der Waals surface area contributed by atoms with Gasteiger partial charge in [0.1, 0.15) is 5.75 Å². The summed E-state index contributed by atoms with van der Waals surface area (Å²) in [5.74, 6) is 1.13. The molecule has 42 heavy (non-hydrogen) atoms. The molecule has 0 saturated carbocycles. The molecule has 2 heterocycles. The van der Waals surface area contributed by atoms with Gasteiger partial charge in [0.05, 0.1) is 35.4 Å². The molecule has 0 unspecified atom stereocenters. The van der Waals surface area contributed by atoms with E-state index in [1.807, 2.05) is 53.2 Å². The first-order chi connectivity index (χ1) is 20.1. The number of hydrogen-bond acceptors (Lipinski definition) is 7. The number of para-hydroxylation sites is 1. The predicted octanol–water partition coefficient (Wildman–Crippen LogP) is 6.66. The predicted molar refractivity (Wildman–Crippen MR) is 176 cm³/mol. The molecular weight excluding hydrogens is 526 g/mol. The van der Waals surface area contributed by atoms with Gasteiger partial charge in [-0.1, -0.05) is 52.5 Å². The third-order valence-electron chi connectivity index (χ3n) is 6.89. The lowest BCUT2D eigenvalue weighted by atomic mass is 9.99. The lowest BCUT2D eigenvalue weighted by molar-refractivity contribution is -0.111. The van der Waals surface area contributed by atoms with Crippen LogP contribution in [0.15, 0.2) is 61.4 Å². The number of aryl methyl sites for hydroxylation is 1. The highest BCUT2D eigenvalue weighted by Crippen LogP contribution is 2.38. The van der Waals surface area contributed by atoms with Gasteiger partial charge in [-0.15, -0.1) is 0 Å². The highest BCUT2D eigenvalue weighted by Gasteiger charge is 2.18. The zero-order chi connectivity index (χ0) is 31.0. The fraction of sp³-hybridized carbons (Fsp3) is 0.364. The second-order valence-corrected chi connectivity index (χ2v) is 10.4. The Morgan fingerprint density at radius 2 is 1.86 bits per heavy atom. The van der Waals surface area contributed by atoms with Gasteiger partial charge >= 0.3 is 0 Å². The number of amides is 1. The van der Waals surface area contributed by atoms with Crippen molar-refractivity contribution in [3.05, 3.63) is 67.0 Å². The van der Waals surface area contributed by atoms with Gasteiger partial charge in [-0.3, -0.25) is 4.79 Å². The van der Waals surface area contributed by atoms with E-state index in [1.54, 1.807) is 13.3 Å². The molecule has 2 aromatic carbocycles. The number of aromatic nitrogens is 3. The standard InChI is InChI=1S/C31H39N7O2.C2H6/c1-9-29(39)33-25-17-26(28(40-8)18-27(25)37(6)16-15-36(4)5)35-31-32-14-13-24(34-31)23-19-38(7)30-21(20(2)3)11-10-12-22(23)30;1-2/h9-14,17-20H,1,15-16H2,2-8H3,(H,33,39)(H,32,34,35);1-2H3. The van der Waals surface area contributed by atoms with E-state index in [1.165, 1.54) is 17.2 Å². The number of fused-ring (bicyclic) bond motifs is 1. The number of nitrogens with zero attached hydrogens (tertiary/aromatic N) is 5. The molecule has 0 aliphatic heterocycles.